The van der Waals surface area contributed by atoms with Gasteiger partial charge in [-0.15, -0.1) is 0 Å². The molecule has 0 radical (unpaired) electrons. The largest absolute Gasteiger partial charge is 0.396 e. The Kier molecular flexibility index (Phi) is 2.62. The van der Waals surface area contributed by atoms with Crippen LogP contribution in [0.15, 0.2) is 12.4 Å². The van der Waals surface area contributed by atoms with Crippen molar-refractivity contribution in [2.45, 2.75) is 32.4 Å². The number of hydrogen-bond donors (Lipinski definition) is 2. The highest BCUT2D eigenvalue weighted by Gasteiger charge is 2.36. The number of carbonyl (C=O) groups is 1. The summed E-state index contributed by atoms with van der Waals surface area (Å²) in [5.41, 5.74) is 6.08. The number of nitrogens with zero attached hydrogens (tertiary/aromatic N) is 2. The van der Waals surface area contributed by atoms with Crippen LogP contribution in [0.4, 0.5) is 5.69 Å². The first-order valence-corrected chi connectivity index (χ1v) is 5.26. The normalized spacial score (nSPS) is 23.8. The Balaban J connectivity index is 1.78. The lowest BCUT2D eigenvalue weighted by molar-refractivity contribution is -0.122. The molecule has 5 nitrogen and oxygen atoms in total. The molecule has 0 aromatic carbocycles. The number of nitrogens with two attached hydrogens (primary N) is 1. The Hall–Kier alpha value is -1.52. The number of hydrogen-bond acceptors (Lipinski definition) is 3. The van der Waals surface area contributed by atoms with Crippen LogP contribution in [0.3, 0.4) is 0 Å². The van der Waals surface area contributed by atoms with Gasteiger partial charge in [0, 0.05) is 12.2 Å². The number of carbonyl (C=O) groups excluding carboxylic acids is 1. The van der Waals surface area contributed by atoms with E-state index in [0.717, 1.165) is 12.8 Å². The fraction of sp³-hybridized carbons (Fsp3) is 0.600. The molecule has 3 N–H and O–H groups in total. The van der Waals surface area contributed by atoms with E-state index >= 15 is 0 Å². The molecular weight excluding hydrogens is 192 g/mol. The predicted molar refractivity (Wildman–Crippen MR) is 57.0 cm³/mol. The summed E-state index contributed by atoms with van der Waals surface area (Å²) in [6.07, 6.45) is 5.45. The summed E-state index contributed by atoms with van der Waals surface area (Å²) in [7, 11) is 0. The summed E-state index contributed by atoms with van der Waals surface area (Å²) >= 11 is 0. The van der Waals surface area contributed by atoms with Crippen LogP contribution >= 0.6 is 0 Å². The maximum atomic E-state index is 11.5. The second kappa shape index (κ2) is 3.92. The van der Waals surface area contributed by atoms with Gasteiger partial charge in [-0.2, -0.15) is 5.10 Å². The first-order valence-electron chi connectivity index (χ1n) is 5.26. The molecule has 1 saturated carbocycles. The van der Waals surface area contributed by atoms with Crippen LogP contribution in [0.25, 0.3) is 0 Å². The van der Waals surface area contributed by atoms with E-state index in [1.54, 1.807) is 17.1 Å². The number of nitrogens with one attached hydrogen (secondary N) is 1. The van der Waals surface area contributed by atoms with Crippen molar-refractivity contribution in [2.24, 2.45) is 5.92 Å². The molecule has 82 valence electrons. The topological polar surface area (TPSA) is 72.9 Å². The highest BCUT2D eigenvalue weighted by Crippen LogP contribution is 2.32. The molecule has 1 aliphatic rings. The SMILES string of the molecule is CCC1CC1NC(=O)Cn1cc(N)cn1. The van der Waals surface area contributed by atoms with Gasteiger partial charge in [-0.1, -0.05) is 13.3 Å². The summed E-state index contributed by atoms with van der Waals surface area (Å²) in [4.78, 5) is 11.5. The second-order valence-corrected chi connectivity index (χ2v) is 4.05. The molecule has 1 fully saturated rings. The molecule has 1 aromatic rings. The Morgan fingerprint density at radius 2 is 2.60 bits per heavy atom. The molecule has 1 aliphatic carbocycles. The fourth-order valence-corrected chi connectivity index (χ4v) is 1.74. The molecule has 1 heterocycles. The number of amides is 1. The zero-order valence-electron chi connectivity index (χ0n) is 8.81. The predicted octanol–water partition coefficient (Wildman–Crippen LogP) is 0.380. The monoisotopic (exact) mass is 208 g/mol. The van der Waals surface area contributed by atoms with E-state index in [9.17, 15) is 4.79 Å². The molecular formula is C10H16N4O. The van der Waals surface area contributed by atoms with Crippen molar-refractivity contribution in [1.82, 2.24) is 15.1 Å². The van der Waals surface area contributed by atoms with Gasteiger partial charge in [-0.25, -0.2) is 0 Å². The lowest BCUT2D eigenvalue weighted by atomic mass is 10.3. The van der Waals surface area contributed by atoms with E-state index in [1.165, 1.54) is 0 Å². The van der Waals surface area contributed by atoms with Gasteiger partial charge in [0.2, 0.25) is 5.91 Å². The van der Waals surface area contributed by atoms with Crippen molar-refractivity contribution in [3.63, 3.8) is 0 Å². The lowest BCUT2D eigenvalue weighted by Crippen LogP contribution is -2.30. The number of aromatic nitrogens is 2. The molecule has 2 unspecified atom stereocenters. The molecule has 5 heteroatoms. The van der Waals surface area contributed by atoms with Crippen molar-refractivity contribution in [1.29, 1.82) is 0 Å². The maximum absolute atomic E-state index is 11.5. The molecule has 1 amide bonds. The van der Waals surface area contributed by atoms with Crippen LogP contribution in [-0.4, -0.2) is 21.7 Å². The lowest BCUT2D eigenvalue weighted by Gasteiger charge is -2.03. The smallest absolute Gasteiger partial charge is 0.241 e. The molecule has 0 saturated heterocycles. The van der Waals surface area contributed by atoms with Gasteiger partial charge in [0.25, 0.3) is 0 Å². The van der Waals surface area contributed by atoms with Crippen molar-refractivity contribution in [3.8, 4) is 0 Å². The number of rotatable bonds is 4. The molecule has 0 aliphatic heterocycles. The van der Waals surface area contributed by atoms with Crippen LogP contribution < -0.4 is 11.1 Å². The second-order valence-electron chi connectivity index (χ2n) is 4.05. The third kappa shape index (κ3) is 2.49. The quantitative estimate of drug-likeness (QED) is 0.751. The minimum Gasteiger partial charge on any atom is -0.396 e. The Morgan fingerprint density at radius 1 is 1.80 bits per heavy atom. The summed E-state index contributed by atoms with van der Waals surface area (Å²) < 4.78 is 1.55. The standard InChI is InChI=1S/C10H16N4O/c1-2-7-3-9(7)13-10(15)6-14-5-8(11)4-12-14/h4-5,7,9H,2-3,6,11H2,1H3,(H,13,15). The highest BCUT2D eigenvalue weighted by atomic mass is 16.2. The van der Waals surface area contributed by atoms with E-state index < -0.39 is 0 Å². The Morgan fingerprint density at radius 3 is 3.13 bits per heavy atom. The summed E-state index contributed by atoms with van der Waals surface area (Å²) in [6.45, 7) is 2.40. The van der Waals surface area contributed by atoms with Crippen LogP contribution in [0.2, 0.25) is 0 Å². The summed E-state index contributed by atoms with van der Waals surface area (Å²) in [5.74, 6) is 0.690. The van der Waals surface area contributed by atoms with E-state index in [2.05, 4.69) is 17.3 Å². The molecule has 0 spiro atoms. The third-order valence-electron chi connectivity index (χ3n) is 2.75. The van der Waals surface area contributed by atoms with Crippen molar-refractivity contribution < 1.29 is 4.79 Å². The Bertz CT molecular complexity index is 360. The summed E-state index contributed by atoms with van der Waals surface area (Å²) in [5, 5.41) is 6.93. The average molecular weight is 208 g/mol. The van der Waals surface area contributed by atoms with Crippen molar-refractivity contribution in [2.75, 3.05) is 5.73 Å². The van der Waals surface area contributed by atoms with E-state index in [0.29, 0.717) is 17.6 Å². The fourth-order valence-electron chi connectivity index (χ4n) is 1.74. The van der Waals surface area contributed by atoms with Crippen LogP contribution in [0.1, 0.15) is 19.8 Å². The van der Waals surface area contributed by atoms with Gasteiger partial charge in [0.1, 0.15) is 6.54 Å². The Labute approximate surface area is 88.6 Å². The van der Waals surface area contributed by atoms with Crippen molar-refractivity contribution in [3.05, 3.63) is 12.4 Å². The first kappa shape index (κ1) is 10.0. The van der Waals surface area contributed by atoms with Crippen LogP contribution in [0.5, 0.6) is 0 Å². The number of nitrogen functional groups attached to an aromatic ring is 1. The molecule has 15 heavy (non-hydrogen) atoms. The zero-order chi connectivity index (χ0) is 10.8. The maximum Gasteiger partial charge on any atom is 0.241 e. The minimum atomic E-state index is 0.0130. The number of anilines is 1. The third-order valence-corrected chi connectivity index (χ3v) is 2.75. The van der Waals surface area contributed by atoms with E-state index in [4.69, 9.17) is 5.73 Å². The van der Waals surface area contributed by atoms with Gasteiger partial charge < -0.3 is 11.1 Å². The first-order chi connectivity index (χ1) is 7.19. The summed E-state index contributed by atoms with van der Waals surface area (Å²) in [6, 6.07) is 0.385. The molecule has 2 rings (SSSR count). The zero-order valence-corrected chi connectivity index (χ0v) is 8.81. The van der Waals surface area contributed by atoms with Crippen LogP contribution in [0, 0.1) is 5.92 Å². The molecule has 2 atom stereocenters. The van der Waals surface area contributed by atoms with Crippen molar-refractivity contribution >= 4 is 11.6 Å². The molecule has 0 bridgehead atoms. The van der Waals surface area contributed by atoms with E-state index in [-0.39, 0.29) is 12.5 Å². The van der Waals surface area contributed by atoms with Gasteiger partial charge in [0.05, 0.1) is 11.9 Å². The van der Waals surface area contributed by atoms with Gasteiger partial charge in [-0.05, 0) is 12.3 Å². The van der Waals surface area contributed by atoms with Gasteiger partial charge >= 0.3 is 0 Å². The van der Waals surface area contributed by atoms with Crippen LogP contribution in [-0.2, 0) is 11.3 Å². The van der Waals surface area contributed by atoms with E-state index in [1.807, 2.05) is 0 Å². The minimum absolute atomic E-state index is 0.0130. The highest BCUT2D eigenvalue weighted by molar-refractivity contribution is 5.76. The average Bonchev–Trinajstić information content (AvgIpc) is 2.81. The van der Waals surface area contributed by atoms with Gasteiger partial charge in [0.15, 0.2) is 0 Å². The van der Waals surface area contributed by atoms with Gasteiger partial charge in [-0.3, -0.25) is 9.48 Å². The molecule has 1 aromatic heterocycles.